The summed E-state index contributed by atoms with van der Waals surface area (Å²) in [5, 5.41) is 8.40. The zero-order valence-corrected chi connectivity index (χ0v) is 16.6. The van der Waals surface area contributed by atoms with Crippen molar-refractivity contribution in [2.75, 3.05) is 18.9 Å². The fourth-order valence-electron chi connectivity index (χ4n) is 3.86. The van der Waals surface area contributed by atoms with Gasteiger partial charge in [-0.1, -0.05) is 30.0 Å². The molecule has 0 bridgehead atoms. The lowest BCUT2D eigenvalue weighted by molar-refractivity contribution is -0.122. The number of ether oxygens (including phenoxy) is 1. The molecule has 1 fully saturated rings. The van der Waals surface area contributed by atoms with Crippen LogP contribution in [0.4, 0.5) is 0 Å². The van der Waals surface area contributed by atoms with Gasteiger partial charge < -0.3 is 10.1 Å². The fraction of sp³-hybridized carbons (Fsp3) is 0.400. The molecule has 0 aliphatic carbocycles. The van der Waals surface area contributed by atoms with Gasteiger partial charge in [-0.2, -0.15) is 5.10 Å². The minimum atomic E-state index is -0.205. The number of fused-ring (bicyclic) bond motifs is 2. The summed E-state index contributed by atoms with van der Waals surface area (Å²) in [7, 11) is 0. The Morgan fingerprint density at radius 3 is 2.97 bits per heavy atom. The maximum Gasteiger partial charge on any atom is 0.265 e. The summed E-state index contributed by atoms with van der Waals surface area (Å²) in [5.41, 5.74) is 1.25. The topological polar surface area (TPSA) is 91.0 Å². The average molecular weight is 411 g/mol. The van der Waals surface area contributed by atoms with E-state index in [1.165, 1.54) is 11.8 Å². The van der Waals surface area contributed by atoms with Gasteiger partial charge in [-0.15, -0.1) is 0 Å². The van der Waals surface area contributed by atoms with Gasteiger partial charge in [0.25, 0.3) is 5.56 Å². The van der Waals surface area contributed by atoms with Crippen LogP contribution in [0.1, 0.15) is 25.3 Å². The summed E-state index contributed by atoms with van der Waals surface area (Å²) in [5.74, 6) is 0.590. The van der Waals surface area contributed by atoms with E-state index < -0.39 is 0 Å². The number of nitrogens with zero attached hydrogens (tertiary/aromatic N) is 4. The summed E-state index contributed by atoms with van der Waals surface area (Å²) in [6.07, 6.45) is 3.95. The molecule has 3 aromatic rings. The van der Waals surface area contributed by atoms with Crippen LogP contribution in [-0.2, 0) is 9.53 Å². The van der Waals surface area contributed by atoms with E-state index >= 15 is 0 Å². The molecule has 1 aromatic carbocycles. The van der Waals surface area contributed by atoms with Gasteiger partial charge in [0.15, 0.2) is 10.8 Å². The molecule has 0 unspecified atom stereocenters. The summed E-state index contributed by atoms with van der Waals surface area (Å²) < 4.78 is 8.87. The van der Waals surface area contributed by atoms with Crippen LogP contribution < -0.4 is 10.9 Å². The smallest absolute Gasteiger partial charge is 0.265 e. The minimum Gasteiger partial charge on any atom is -0.376 e. The molecule has 2 aromatic heterocycles. The molecule has 1 amide bonds. The molecule has 9 heteroatoms. The number of carbonyl (C=O) groups excluding carboxylic acids is 1. The van der Waals surface area contributed by atoms with Crippen LogP contribution >= 0.6 is 11.8 Å². The third kappa shape index (κ3) is 3.44. The molecule has 1 N–H and O–H groups in total. The van der Waals surface area contributed by atoms with Crippen molar-refractivity contribution < 1.29 is 9.53 Å². The highest BCUT2D eigenvalue weighted by atomic mass is 32.2. The van der Waals surface area contributed by atoms with Crippen LogP contribution in [0.15, 0.2) is 46.5 Å². The van der Waals surface area contributed by atoms with Gasteiger partial charge in [0.05, 0.1) is 24.0 Å². The molecular weight excluding hydrogens is 390 g/mol. The highest BCUT2D eigenvalue weighted by Gasteiger charge is 2.30. The van der Waals surface area contributed by atoms with E-state index in [-0.39, 0.29) is 30.0 Å². The molecule has 4 heterocycles. The molecule has 0 radical (unpaired) electrons. The van der Waals surface area contributed by atoms with Crippen molar-refractivity contribution in [1.82, 2.24) is 24.6 Å². The number of hydrogen-bond donors (Lipinski definition) is 1. The third-order valence-corrected chi connectivity index (χ3v) is 6.44. The van der Waals surface area contributed by atoms with Crippen molar-refractivity contribution in [2.45, 2.75) is 36.6 Å². The van der Waals surface area contributed by atoms with E-state index in [1.54, 1.807) is 15.4 Å². The van der Waals surface area contributed by atoms with Gasteiger partial charge in [-0.05, 0) is 25.0 Å². The monoisotopic (exact) mass is 411 g/mol. The predicted molar refractivity (Wildman–Crippen MR) is 109 cm³/mol. The van der Waals surface area contributed by atoms with Crippen LogP contribution in [0, 0.1) is 0 Å². The number of amides is 1. The van der Waals surface area contributed by atoms with E-state index in [1.807, 2.05) is 30.3 Å². The first-order valence-electron chi connectivity index (χ1n) is 9.77. The number of carbonyl (C=O) groups is 1. The summed E-state index contributed by atoms with van der Waals surface area (Å²) >= 11 is 1.50. The fourth-order valence-corrected chi connectivity index (χ4v) is 4.99. The number of thioether (sulfide) groups is 1. The lowest BCUT2D eigenvalue weighted by Crippen LogP contribution is -2.34. The first kappa shape index (κ1) is 18.4. The second-order valence-corrected chi connectivity index (χ2v) is 8.29. The Bertz CT molecular complexity index is 1100. The number of rotatable bonds is 5. The second kappa shape index (κ2) is 7.64. The van der Waals surface area contributed by atoms with Gasteiger partial charge in [-0.25, -0.2) is 9.67 Å². The van der Waals surface area contributed by atoms with Crippen molar-refractivity contribution in [3.05, 3.63) is 46.9 Å². The summed E-state index contributed by atoms with van der Waals surface area (Å²) in [6, 6.07) is 9.41. The highest BCUT2D eigenvalue weighted by Crippen LogP contribution is 2.33. The lowest BCUT2D eigenvalue weighted by atomic mass is 10.2. The average Bonchev–Trinajstić information content (AvgIpc) is 3.48. The van der Waals surface area contributed by atoms with E-state index in [0.717, 1.165) is 25.1 Å². The van der Waals surface area contributed by atoms with Crippen molar-refractivity contribution in [1.29, 1.82) is 0 Å². The van der Waals surface area contributed by atoms with Gasteiger partial charge in [0.1, 0.15) is 5.39 Å². The molecule has 150 valence electrons. The molecule has 2 aliphatic rings. The number of aromatic nitrogens is 4. The Balaban J connectivity index is 1.39. The van der Waals surface area contributed by atoms with Crippen LogP contribution in [0.3, 0.4) is 0 Å². The normalized spacial score (nSPS) is 20.8. The molecule has 29 heavy (non-hydrogen) atoms. The maximum atomic E-state index is 13.1. The number of nitrogens with one attached hydrogen (secondary N) is 1. The van der Waals surface area contributed by atoms with Gasteiger partial charge in [0.2, 0.25) is 5.91 Å². The summed E-state index contributed by atoms with van der Waals surface area (Å²) in [4.78, 5) is 30.2. The Labute approximate surface area is 171 Å². The van der Waals surface area contributed by atoms with Crippen molar-refractivity contribution >= 4 is 28.7 Å². The van der Waals surface area contributed by atoms with Gasteiger partial charge in [0, 0.05) is 25.3 Å². The van der Waals surface area contributed by atoms with Crippen LogP contribution in [-0.4, -0.2) is 50.2 Å². The van der Waals surface area contributed by atoms with E-state index in [2.05, 4.69) is 10.4 Å². The molecule has 0 saturated carbocycles. The predicted octanol–water partition coefficient (Wildman–Crippen LogP) is 1.91. The SMILES string of the molecule is O=C(C[C@@H]1CSc2nc3c(cnn3-c3ccccc3)c(=O)n21)NC[C@H]1CCCO1. The zero-order chi connectivity index (χ0) is 19.8. The zero-order valence-electron chi connectivity index (χ0n) is 15.8. The third-order valence-electron chi connectivity index (χ3n) is 5.34. The van der Waals surface area contributed by atoms with E-state index in [9.17, 15) is 9.59 Å². The van der Waals surface area contributed by atoms with Gasteiger partial charge >= 0.3 is 0 Å². The first-order chi connectivity index (χ1) is 14.2. The number of benzene rings is 1. The molecule has 0 spiro atoms. The summed E-state index contributed by atoms with van der Waals surface area (Å²) in [6.45, 7) is 1.29. The number of hydrogen-bond acceptors (Lipinski definition) is 6. The Morgan fingerprint density at radius 1 is 1.31 bits per heavy atom. The molecular formula is C20H21N5O3S. The van der Waals surface area contributed by atoms with E-state index in [4.69, 9.17) is 9.72 Å². The van der Waals surface area contributed by atoms with Crippen molar-refractivity contribution in [3.8, 4) is 5.69 Å². The van der Waals surface area contributed by atoms with Crippen LogP contribution in [0.2, 0.25) is 0 Å². The highest BCUT2D eigenvalue weighted by molar-refractivity contribution is 7.99. The Kier molecular flexibility index (Phi) is 4.84. The molecule has 2 atom stereocenters. The van der Waals surface area contributed by atoms with E-state index in [0.29, 0.717) is 28.5 Å². The molecule has 1 saturated heterocycles. The maximum absolute atomic E-state index is 13.1. The number of para-hydroxylation sites is 1. The van der Waals surface area contributed by atoms with Gasteiger partial charge in [-0.3, -0.25) is 14.2 Å². The van der Waals surface area contributed by atoms with Crippen molar-refractivity contribution in [3.63, 3.8) is 0 Å². The molecule has 8 nitrogen and oxygen atoms in total. The Morgan fingerprint density at radius 2 is 2.17 bits per heavy atom. The van der Waals surface area contributed by atoms with Crippen LogP contribution in [0.25, 0.3) is 16.7 Å². The first-order valence-corrected chi connectivity index (χ1v) is 10.8. The Hall–Kier alpha value is -2.65. The van der Waals surface area contributed by atoms with Crippen molar-refractivity contribution in [2.24, 2.45) is 0 Å². The quantitative estimate of drug-likeness (QED) is 0.645. The molecule has 5 rings (SSSR count). The minimum absolute atomic E-state index is 0.0640. The lowest BCUT2D eigenvalue weighted by Gasteiger charge is -2.15. The standard InChI is InChI=1S/C20H21N5O3S/c26-17(21-10-15-7-4-8-28-15)9-14-12-29-20-23-18-16(19(27)24(14)20)11-22-25(18)13-5-2-1-3-6-13/h1-3,5-6,11,14-15H,4,7-10,12H2,(H,21,26)/t14-,15-/m1/s1. The molecule has 2 aliphatic heterocycles. The van der Waals surface area contributed by atoms with Crippen LogP contribution in [0.5, 0.6) is 0 Å². The largest absolute Gasteiger partial charge is 0.376 e. The second-order valence-electron chi connectivity index (χ2n) is 7.31.